The number of aryl methyl sites for hydroxylation is 1. The molecule has 3 heterocycles. The molecule has 6 heteroatoms. The highest BCUT2D eigenvalue weighted by atomic mass is 19.1. The molecule has 3 aromatic rings. The zero-order valence-electron chi connectivity index (χ0n) is 18.0. The third-order valence-electron chi connectivity index (χ3n) is 6.77. The van der Waals surface area contributed by atoms with Gasteiger partial charge in [0.25, 0.3) is 0 Å². The molecule has 0 spiro atoms. The Morgan fingerprint density at radius 1 is 1.06 bits per heavy atom. The van der Waals surface area contributed by atoms with E-state index in [4.69, 9.17) is 0 Å². The summed E-state index contributed by atoms with van der Waals surface area (Å²) in [7, 11) is 0. The van der Waals surface area contributed by atoms with Crippen molar-refractivity contribution in [2.45, 2.75) is 32.2 Å². The van der Waals surface area contributed by atoms with E-state index >= 15 is 0 Å². The van der Waals surface area contributed by atoms with Crippen LogP contribution in [0.25, 0.3) is 10.9 Å². The molecule has 5 rings (SSSR count). The maximum Gasteiger partial charge on any atom is 0.321 e. The smallest absolute Gasteiger partial charge is 0.321 e. The molecule has 2 aromatic carbocycles. The van der Waals surface area contributed by atoms with E-state index in [-0.39, 0.29) is 11.8 Å². The molecule has 31 heavy (non-hydrogen) atoms. The van der Waals surface area contributed by atoms with Gasteiger partial charge in [0.2, 0.25) is 0 Å². The summed E-state index contributed by atoms with van der Waals surface area (Å²) in [6.07, 6.45) is 5.46. The van der Waals surface area contributed by atoms with Crippen LogP contribution in [0.5, 0.6) is 0 Å². The van der Waals surface area contributed by atoms with Gasteiger partial charge in [0.15, 0.2) is 0 Å². The second-order valence-corrected chi connectivity index (χ2v) is 8.75. The van der Waals surface area contributed by atoms with Gasteiger partial charge >= 0.3 is 6.03 Å². The lowest BCUT2D eigenvalue weighted by atomic mass is 10.0. The number of carbonyl (C=O) groups excluding carboxylic acids is 1. The highest BCUT2D eigenvalue weighted by Crippen LogP contribution is 2.32. The summed E-state index contributed by atoms with van der Waals surface area (Å²) in [6.45, 7) is 6.73. The molecule has 2 amide bonds. The van der Waals surface area contributed by atoms with Gasteiger partial charge in [-0.25, -0.2) is 9.18 Å². The quantitative estimate of drug-likeness (QED) is 0.660. The van der Waals surface area contributed by atoms with Crippen LogP contribution in [0, 0.1) is 12.7 Å². The molecular weight excluding hydrogens is 391 g/mol. The molecular formula is C25H29FN4O. The molecule has 0 saturated carbocycles. The van der Waals surface area contributed by atoms with Crippen LogP contribution in [0.1, 0.15) is 30.0 Å². The second kappa shape index (κ2) is 8.35. The van der Waals surface area contributed by atoms with Crippen molar-refractivity contribution in [3.8, 4) is 0 Å². The van der Waals surface area contributed by atoms with Crippen LogP contribution in [0.3, 0.4) is 0 Å². The Balaban J connectivity index is 1.27. The van der Waals surface area contributed by atoms with Crippen molar-refractivity contribution in [1.29, 1.82) is 0 Å². The number of amides is 2. The van der Waals surface area contributed by atoms with Gasteiger partial charge in [0.05, 0.1) is 5.52 Å². The molecule has 2 aliphatic heterocycles. The average molecular weight is 421 g/mol. The van der Waals surface area contributed by atoms with Crippen molar-refractivity contribution < 1.29 is 9.18 Å². The summed E-state index contributed by atoms with van der Waals surface area (Å²) in [4.78, 5) is 16.4. The Bertz CT molecular complexity index is 1080. The van der Waals surface area contributed by atoms with E-state index < -0.39 is 0 Å². The number of urea groups is 1. The Labute approximate surface area is 182 Å². The summed E-state index contributed by atoms with van der Waals surface area (Å²) in [5, 5.41) is 4.15. The lowest BCUT2D eigenvalue weighted by molar-refractivity contribution is 0.190. The lowest BCUT2D eigenvalue weighted by Crippen LogP contribution is -2.35. The number of likely N-dealkylation sites (tertiary alicyclic amines) is 1. The number of hydrogen-bond acceptors (Lipinski definition) is 2. The highest BCUT2D eigenvalue weighted by Gasteiger charge is 2.24. The first-order chi connectivity index (χ1) is 15.1. The van der Waals surface area contributed by atoms with E-state index in [9.17, 15) is 9.18 Å². The molecule has 2 fully saturated rings. The number of nitrogens with zero attached hydrogens (tertiary/aromatic N) is 3. The van der Waals surface area contributed by atoms with Crippen molar-refractivity contribution >= 4 is 22.6 Å². The maximum absolute atomic E-state index is 13.1. The van der Waals surface area contributed by atoms with Crippen molar-refractivity contribution in [3.63, 3.8) is 0 Å². The zero-order chi connectivity index (χ0) is 21.4. The van der Waals surface area contributed by atoms with E-state index in [1.54, 1.807) is 12.1 Å². The van der Waals surface area contributed by atoms with Crippen molar-refractivity contribution in [3.05, 3.63) is 65.6 Å². The number of rotatable bonds is 5. The van der Waals surface area contributed by atoms with Crippen LogP contribution in [-0.4, -0.2) is 48.2 Å². The number of halogens is 1. The van der Waals surface area contributed by atoms with Gasteiger partial charge in [0, 0.05) is 56.0 Å². The monoisotopic (exact) mass is 420 g/mol. The highest BCUT2D eigenvalue weighted by molar-refractivity contribution is 5.97. The fraction of sp³-hybridized carbons (Fsp3) is 0.400. The van der Waals surface area contributed by atoms with Crippen LogP contribution < -0.4 is 10.2 Å². The molecule has 2 aliphatic rings. The Kier molecular flexibility index (Phi) is 5.40. The van der Waals surface area contributed by atoms with Crippen molar-refractivity contribution in [2.24, 2.45) is 0 Å². The minimum atomic E-state index is -0.174. The molecule has 0 atom stereocenters. The summed E-state index contributed by atoms with van der Waals surface area (Å²) < 4.78 is 15.5. The molecule has 162 valence electrons. The van der Waals surface area contributed by atoms with Gasteiger partial charge in [0.1, 0.15) is 5.82 Å². The van der Waals surface area contributed by atoms with Crippen LogP contribution in [0.2, 0.25) is 0 Å². The van der Waals surface area contributed by atoms with Gasteiger partial charge in [-0.05, 0) is 61.6 Å². The zero-order valence-corrected chi connectivity index (χ0v) is 18.0. The van der Waals surface area contributed by atoms with Gasteiger partial charge in [-0.2, -0.15) is 0 Å². The summed E-state index contributed by atoms with van der Waals surface area (Å²) in [5.41, 5.74) is 4.67. The fourth-order valence-electron chi connectivity index (χ4n) is 4.96. The second-order valence-electron chi connectivity index (χ2n) is 8.75. The summed E-state index contributed by atoms with van der Waals surface area (Å²) >= 11 is 0. The minimum absolute atomic E-state index is 0.0105. The molecule has 0 radical (unpaired) electrons. The first kappa shape index (κ1) is 20.1. The number of nitrogens with one attached hydrogen (secondary N) is 1. The molecule has 0 bridgehead atoms. The van der Waals surface area contributed by atoms with Gasteiger partial charge in [-0.3, -0.25) is 4.90 Å². The number of benzene rings is 2. The number of piperidine rings is 1. The number of anilines is 1. The standard InChI is InChI=1S/C25H29FN4O/c1-18-17-30(24-16-22(6-7-23(18)24)29-15-11-27-25(29)31)21-9-13-28(14-10-21)12-8-19-2-4-20(26)5-3-19/h2-7,16-17,21H,8-15H2,1H3,(H,27,31). The maximum atomic E-state index is 13.1. The van der Waals surface area contributed by atoms with E-state index in [1.165, 1.54) is 22.0 Å². The molecule has 5 nitrogen and oxygen atoms in total. The first-order valence-electron chi connectivity index (χ1n) is 11.2. The molecule has 0 unspecified atom stereocenters. The third kappa shape index (κ3) is 4.04. The molecule has 1 N–H and O–H groups in total. The van der Waals surface area contributed by atoms with Gasteiger partial charge in [-0.15, -0.1) is 0 Å². The molecule has 2 saturated heterocycles. The Morgan fingerprint density at radius 2 is 1.84 bits per heavy atom. The number of aromatic nitrogens is 1. The largest absolute Gasteiger partial charge is 0.344 e. The summed E-state index contributed by atoms with van der Waals surface area (Å²) in [5.74, 6) is -0.174. The normalized spacial score (nSPS) is 18.1. The Hall–Kier alpha value is -2.86. The number of fused-ring (bicyclic) bond motifs is 1. The molecule has 0 aliphatic carbocycles. The molecule has 1 aromatic heterocycles. The fourth-order valence-corrected chi connectivity index (χ4v) is 4.96. The topological polar surface area (TPSA) is 40.5 Å². The van der Waals surface area contributed by atoms with Crippen LogP contribution in [0.15, 0.2) is 48.7 Å². The predicted octanol–water partition coefficient (Wildman–Crippen LogP) is 4.50. The van der Waals surface area contributed by atoms with Gasteiger partial charge < -0.3 is 14.8 Å². The van der Waals surface area contributed by atoms with Crippen molar-refractivity contribution in [1.82, 2.24) is 14.8 Å². The predicted molar refractivity (Wildman–Crippen MR) is 122 cm³/mol. The van der Waals surface area contributed by atoms with Gasteiger partial charge in [-0.1, -0.05) is 18.2 Å². The lowest BCUT2D eigenvalue weighted by Gasteiger charge is -2.33. The van der Waals surface area contributed by atoms with E-state index in [1.807, 2.05) is 17.0 Å². The number of hydrogen-bond donors (Lipinski definition) is 1. The third-order valence-corrected chi connectivity index (χ3v) is 6.77. The van der Waals surface area contributed by atoms with Crippen LogP contribution >= 0.6 is 0 Å². The minimum Gasteiger partial charge on any atom is -0.344 e. The number of carbonyl (C=O) groups is 1. The Morgan fingerprint density at radius 3 is 2.55 bits per heavy atom. The van der Waals surface area contributed by atoms with Crippen molar-refractivity contribution in [2.75, 3.05) is 37.6 Å². The van der Waals surface area contributed by atoms with E-state index in [0.29, 0.717) is 12.6 Å². The first-order valence-corrected chi connectivity index (χ1v) is 11.2. The average Bonchev–Trinajstić information content (AvgIpc) is 3.36. The SMILES string of the molecule is Cc1cn(C2CCN(CCc3ccc(F)cc3)CC2)c2cc(N3CCNC3=O)ccc12. The van der Waals surface area contributed by atoms with E-state index in [0.717, 1.165) is 51.1 Å². The van der Waals surface area contributed by atoms with Crippen LogP contribution in [0.4, 0.5) is 14.9 Å². The van der Waals surface area contributed by atoms with E-state index in [2.05, 4.69) is 46.1 Å². The summed E-state index contributed by atoms with van der Waals surface area (Å²) in [6, 6.07) is 13.7. The van der Waals surface area contributed by atoms with Crippen LogP contribution in [-0.2, 0) is 6.42 Å².